The molecular weight excluding hydrogens is 448 g/mol. The van der Waals surface area contributed by atoms with Crippen LogP contribution < -0.4 is 10.6 Å². The third kappa shape index (κ3) is 5.28. The van der Waals surface area contributed by atoms with Gasteiger partial charge in [-0.15, -0.1) is 24.0 Å². The highest BCUT2D eigenvalue weighted by Gasteiger charge is 2.19. The predicted molar refractivity (Wildman–Crippen MR) is 111 cm³/mol. The van der Waals surface area contributed by atoms with Gasteiger partial charge in [0.05, 0.1) is 12.6 Å². The van der Waals surface area contributed by atoms with Crippen molar-refractivity contribution < 1.29 is 9.50 Å². The smallest absolute Gasteiger partial charge is 0.191 e. The number of aliphatic hydroxyl groups is 1. The van der Waals surface area contributed by atoms with Crippen molar-refractivity contribution in [1.82, 2.24) is 9.88 Å². The Morgan fingerprint density at radius 1 is 1.12 bits per heavy atom. The molecular formula is C18H23FIN5O. The molecule has 1 atom stereocenters. The Bertz CT molecular complexity index is 705. The summed E-state index contributed by atoms with van der Waals surface area (Å²) in [5, 5.41) is 10.1. The standard InChI is InChI=1S/C18H22FN5O.HI/c19-15-1-3-16(4-2-15)23-9-11-24(12-10-23)18(20)22-13-17(25)14-5-7-21-8-6-14;/h1-8,17,25H,9-13H2,(H2,20,22);1H. The zero-order valence-corrected chi connectivity index (χ0v) is 16.7. The van der Waals surface area contributed by atoms with Gasteiger partial charge in [0.2, 0.25) is 0 Å². The second kappa shape index (κ2) is 9.67. The Hall–Kier alpha value is -1.94. The number of aliphatic hydroxyl groups excluding tert-OH is 1. The van der Waals surface area contributed by atoms with Crippen LogP contribution in [0.2, 0.25) is 0 Å². The molecule has 1 aromatic carbocycles. The van der Waals surface area contributed by atoms with Crippen LogP contribution in [-0.4, -0.2) is 53.7 Å². The van der Waals surface area contributed by atoms with Gasteiger partial charge in [0.1, 0.15) is 5.82 Å². The summed E-state index contributed by atoms with van der Waals surface area (Å²) in [4.78, 5) is 12.4. The van der Waals surface area contributed by atoms with Gasteiger partial charge >= 0.3 is 0 Å². The van der Waals surface area contributed by atoms with E-state index in [9.17, 15) is 9.50 Å². The summed E-state index contributed by atoms with van der Waals surface area (Å²) in [5.41, 5.74) is 7.84. The molecule has 0 radical (unpaired) electrons. The minimum Gasteiger partial charge on any atom is -0.386 e. The fraction of sp³-hybridized carbons (Fsp3) is 0.333. The van der Waals surface area contributed by atoms with Gasteiger partial charge in [-0.1, -0.05) is 0 Å². The van der Waals surface area contributed by atoms with E-state index in [2.05, 4.69) is 14.9 Å². The lowest BCUT2D eigenvalue weighted by molar-refractivity contribution is 0.186. The number of halogens is 2. The first-order valence-corrected chi connectivity index (χ1v) is 8.27. The summed E-state index contributed by atoms with van der Waals surface area (Å²) >= 11 is 0. The van der Waals surface area contributed by atoms with Crippen LogP contribution >= 0.6 is 24.0 Å². The number of rotatable bonds is 4. The Morgan fingerprint density at radius 3 is 2.35 bits per heavy atom. The molecule has 0 bridgehead atoms. The molecule has 140 valence electrons. The average Bonchev–Trinajstić information content (AvgIpc) is 2.67. The summed E-state index contributed by atoms with van der Waals surface area (Å²) < 4.78 is 13.0. The summed E-state index contributed by atoms with van der Waals surface area (Å²) in [6, 6.07) is 10.0. The first-order chi connectivity index (χ1) is 12.1. The van der Waals surface area contributed by atoms with Crippen molar-refractivity contribution in [2.75, 3.05) is 37.6 Å². The molecule has 2 heterocycles. The van der Waals surface area contributed by atoms with Crippen LogP contribution in [0, 0.1) is 5.82 Å². The number of pyridine rings is 1. The van der Waals surface area contributed by atoms with Gasteiger partial charge in [-0.3, -0.25) is 9.98 Å². The lowest BCUT2D eigenvalue weighted by Gasteiger charge is -2.36. The Morgan fingerprint density at radius 2 is 1.73 bits per heavy atom. The van der Waals surface area contributed by atoms with Gasteiger partial charge in [-0.2, -0.15) is 0 Å². The number of anilines is 1. The summed E-state index contributed by atoms with van der Waals surface area (Å²) in [6.07, 6.45) is 2.59. The highest BCUT2D eigenvalue weighted by Crippen LogP contribution is 2.17. The van der Waals surface area contributed by atoms with Gasteiger partial charge in [-0.25, -0.2) is 4.39 Å². The summed E-state index contributed by atoms with van der Waals surface area (Å²) in [5.74, 6) is 0.207. The van der Waals surface area contributed by atoms with Crippen molar-refractivity contribution in [2.24, 2.45) is 10.7 Å². The van der Waals surface area contributed by atoms with Crippen molar-refractivity contribution in [3.8, 4) is 0 Å². The molecule has 1 aliphatic heterocycles. The lowest BCUT2D eigenvalue weighted by atomic mass is 10.1. The van der Waals surface area contributed by atoms with E-state index in [0.29, 0.717) is 5.96 Å². The van der Waals surface area contributed by atoms with Crippen LogP contribution in [0.15, 0.2) is 53.8 Å². The molecule has 0 aliphatic carbocycles. The molecule has 8 heteroatoms. The average molecular weight is 471 g/mol. The summed E-state index contributed by atoms with van der Waals surface area (Å²) in [6.45, 7) is 3.26. The minimum atomic E-state index is -0.693. The maximum Gasteiger partial charge on any atom is 0.191 e. The van der Waals surface area contributed by atoms with E-state index in [-0.39, 0.29) is 36.3 Å². The second-order valence-electron chi connectivity index (χ2n) is 5.95. The molecule has 1 aliphatic rings. The summed E-state index contributed by atoms with van der Waals surface area (Å²) in [7, 11) is 0. The van der Waals surface area contributed by atoms with Gasteiger partial charge in [0.15, 0.2) is 5.96 Å². The number of aliphatic imine (C=N–C) groups is 1. The number of nitrogens with zero attached hydrogens (tertiary/aromatic N) is 4. The minimum absolute atomic E-state index is 0. The van der Waals surface area contributed by atoms with E-state index in [1.807, 2.05) is 4.90 Å². The maximum absolute atomic E-state index is 13.0. The predicted octanol–water partition coefficient (Wildman–Crippen LogP) is 2.01. The molecule has 1 unspecified atom stereocenters. The van der Waals surface area contributed by atoms with E-state index in [1.54, 1.807) is 36.7 Å². The largest absolute Gasteiger partial charge is 0.386 e. The molecule has 1 saturated heterocycles. The van der Waals surface area contributed by atoms with E-state index in [1.165, 1.54) is 12.1 Å². The van der Waals surface area contributed by atoms with Crippen molar-refractivity contribution in [2.45, 2.75) is 6.10 Å². The van der Waals surface area contributed by atoms with Gasteiger partial charge in [-0.05, 0) is 42.0 Å². The Kier molecular flexibility index (Phi) is 7.58. The number of hydrogen-bond acceptors (Lipinski definition) is 4. The molecule has 26 heavy (non-hydrogen) atoms. The molecule has 3 rings (SSSR count). The van der Waals surface area contributed by atoms with Crippen LogP contribution in [0.1, 0.15) is 11.7 Å². The third-order valence-electron chi connectivity index (χ3n) is 4.31. The van der Waals surface area contributed by atoms with Crippen LogP contribution in [0.4, 0.5) is 10.1 Å². The van der Waals surface area contributed by atoms with Crippen molar-refractivity contribution in [1.29, 1.82) is 0 Å². The zero-order chi connectivity index (χ0) is 17.6. The molecule has 3 N–H and O–H groups in total. The Labute approximate surface area is 169 Å². The number of aromatic nitrogens is 1. The lowest BCUT2D eigenvalue weighted by Crippen LogP contribution is -2.51. The highest BCUT2D eigenvalue weighted by atomic mass is 127. The van der Waals surface area contributed by atoms with E-state index >= 15 is 0 Å². The monoisotopic (exact) mass is 471 g/mol. The van der Waals surface area contributed by atoms with Crippen molar-refractivity contribution in [3.63, 3.8) is 0 Å². The zero-order valence-electron chi connectivity index (χ0n) is 14.3. The van der Waals surface area contributed by atoms with Crippen LogP contribution in [0.25, 0.3) is 0 Å². The molecule has 1 fully saturated rings. The topological polar surface area (TPSA) is 78.0 Å². The van der Waals surface area contributed by atoms with Crippen molar-refractivity contribution in [3.05, 3.63) is 60.2 Å². The molecule has 0 saturated carbocycles. The number of guanidine groups is 1. The molecule has 0 spiro atoms. The highest BCUT2D eigenvalue weighted by molar-refractivity contribution is 14.0. The number of hydrogen-bond donors (Lipinski definition) is 2. The van der Waals surface area contributed by atoms with Crippen LogP contribution in [0.5, 0.6) is 0 Å². The number of nitrogens with two attached hydrogens (primary N) is 1. The fourth-order valence-electron chi connectivity index (χ4n) is 2.82. The van der Waals surface area contributed by atoms with E-state index < -0.39 is 6.10 Å². The third-order valence-corrected chi connectivity index (χ3v) is 4.31. The SMILES string of the molecule is I.NC(=NCC(O)c1ccncc1)N1CCN(c2ccc(F)cc2)CC1. The molecule has 0 amide bonds. The Balaban J connectivity index is 0.00000243. The number of piperazine rings is 1. The van der Waals surface area contributed by atoms with E-state index in [0.717, 1.165) is 37.4 Å². The van der Waals surface area contributed by atoms with Crippen molar-refractivity contribution >= 4 is 35.6 Å². The molecule has 1 aromatic heterocycles. The van der Waals surface area contributed by atoms with E-state index in [4.69, 9.17) is 5.73 Å². The fourth-order valence-corrected chi connectivity index (χ4v) is 2.82. The van der Waals surface area contributed by atoms with Gasteiger partial charge in [0, 0.05) is 44.3 Å². The molecule has 6 nitrogen and oxygen atoms in total. The number of benzene rings is 1. The maximum atomic E-state index is 13.0. The second-order valence-corrected chi connectivity index (χ2v) is 5.95. The first-order valence-electron chi connectivity index (χ1n) is 8.27. The van der Waals surface area contributed by atoms with Crippen LogP contribution in [0.3, 0.4) is 0 Å². The van der Waals surface area contributed by atoms with Gasteiger partial charge in [0.25, 0.3) is 0 Å². The first kappa shape index (κ1) is 20.4. The van der Waals surface area contributed by atoms with Gasteiger partial charge < -0.3 is 20.6 Å². The quantitative estimate of drug-likeness (QED) is 0.406. The normalized spacial score (nSPS) is 16.2. The molecule has 2 aromatic rings. The van der Waals surface area contributed by atoms with Crippen LogP contribution in [-0.2, 0) is 0 Å².